The van der Waals surface area contributed by atoms with Gasteiger partial charge < -0.3 is 15.4 Å². The third kappa shape index (κ3) is 4.81. The molecule has 0 unspecified atom stereocenters. The fraction of sp³-hybridized carbons (Fsp3) is 0.733. The van der Waals surface area contributed by atoms with Gasteiger partial charge in [0.15, 0.2) is 0 Å². The average molecular weight is 555 g/mol. The third-order valence-electron chi connectivity index (χ3n) is 10.4. The van der Waals surface area contributed by atoms with E-state index in [1.807, 2.05) is 24.9 Å². The Bertz CT molecular complexity index is 1220. The number of aromatic nitrogens is 2. The van der Waals surface area contributed by atoms with E-state index in [4.69, 9.17) is 15.5 Å². The summed E-state index contributed by atoms with van der Waals surface area (Å²) in [5, 5.41) is 0. The van der Waals surface area contributed by atoms with E-state index in [1.54, 1.807) is 0 Å². The number of hydrogen-bond donors (Lipinski definition) is 1. The quantitative estimate of drug-likeness (QED) is 0.531. The van der Waals surface area contributed by atoms with Gasteiger partial charge in [0, 0.05) is 61.5 Å². The zero-order valence-corrected chi connectivity index (χ0v) is 24.1. The molecule has 2 aliphatic heterocycles. The van der Waals surface area contributed by atoms with Gasteiger partial charge in [0.2, 0.25) is 17.5 Å². The first-order valence-corrected chi connectivity index (χ1v) is 15.1. The van der Waals surface area contributed by atoms with E-state index in [0.717, 1.165) is 51.7 Å². The summed E-state index contributed by atoms with van der Waals surface area (Å²) in [5.74, 6) is 0.893. The predicted molar refractivity (Wildman–Crippen MR) is 150 cm³/mol. The Balaban J connectivity index is 1.34. The van der Waals surface area contributed by atoms with Gasteiger partial charge in [-0.2, -0.15) is 4.98 Å². The number of ketones is 2. The zero-order valence-electron chi connectivity index (χ0n) is 24.1. The second-order valence-electron chi connectivity index (χ2n) is 12.9. The molecule has 10 heteroatoms. The summed E-state index contributed by atoms with van der Waals surface area (Å²) in [6.07, 6.45) is 6.51. The zero-order chi connectivity index (χ0) is 28.2. The lowest BCUT2D eigenvalue weighted by Crippen LogP contribution is -2.53. The molecule has 6 rings (SSSR count). The summed E-state index contributed by atoms with van der Waals surface area (Å²) in [4.78, 5) is 43.1. The van der Waals surface area contributed by atoms with Gasteiger partial charge in [0.25, 0.3) is 0 Å². The number of carbonyl (C=O) groups is 2. The van der Waals surface area contributed by atoms with Crippen molar-refractivity contribution in [2.45, 2.75) is 95.0 Å². The number of likely N-dealkylation sites (N-methyl/N-ethyl adjacent to an activating group) is 2. The Hall–Kier alpha value is -2.59. The standard InChI is InChI=1S/C30H43FN6O3/c1-19(22-15-20(31)17-35(22)2)40-25-16-24(37-14-13-36(3)29(18-37)11-12-29)33-28(34-25)26(39)21-7-6-10-30(27(21)32)9-5-4-8-23(30)38/h16,19-20,22H,4-15,17-18,32H2,1-3H3/t19-,20+,22-,30+/m0/s1. The molecule has 0 amide bonds. The number of Topliss-reactive ketones (excluding diaryl/α,β-unsaturated/α-hetero) is 2. The first-order valence-electron chi connectivity index (χ1n) is 15.1. The van der Waals surface area contributed by atoms with Crippen LogP contribution in [-0.4, -0.2) is 95.5 Å². The molecule has 0 aromatic carbocycles. The Kier molecular flexibility index (Phi) is 7.14. The molecule has 2 saturated carbocycles. The van der Waals surface area contributed by atoms with Crippen molar-refractivity contribution in [1.29, 1.82) is 0 Å². The van der Waals surface area contributed by atoms with Crippen molar-refractivity contribution in [2.75, 3.05) is 45.2 Å². The summed E-state index contributed by atoms with van der Waals surface area (Å²) < 4.78 is 20.4. The normalized spacial score (nSPS) is 31.7. The molecule has 4 fully saturated rings. The second-order valence-corrected chi connectivity index (χ2v) is 12.9. The van der Waals surface area contributed by atoms with Gasteiger partial charge in [-0.15, -0.1) is 0 Å². The van der Waals surface area contributed by atoms with E-state index in [-0.39, 0.29) is 35.1 Å². The number of hydrogen-bond acceptors (Lipinski definition) is 9. The van der Waals surface area contributed by atoms with Crippen molar-refractivity contribution in [2.24, 2.45) is 11.1 Å². The highest BCUT2D eigenvalue weighted by Crippen LogP contribution is 2.47. The summed E-state index contributed by atoms with van der Waals surface area (Å²) in [7, 11) is 4.08. The maximum absolute atomic E-state index is 14.1. The SMILES string of the molecule is C[C@H](Oc1cc(N2CCN(C)C3(CC3)C2)nc(C(=O)C2=C(N)[C@]3(CCCCC3=O)CCC2)n1)[C@@H]1C[C@@H](F)CN1C. The van der Waals surface area contributed by atoms with Gasteiger partial charge in [0.1, 0.15) is 23.9 Å². The topological polar surface area (TPSA) is 105 Å². The minimum Gasteiger partial charge on any atom is -0.473 e. The van der Waals surface area contributed by atoms with Crippen molar-refractivity contribution >= 4 is 17.4 Å². The molecule has 3 aliphatic carbocycles. The number of carbonyl (C=O) groups excluding carboxylic acids is 2. The molecule has 1 aromatic rings. The van der Waals surface area contributed by atoms with E-state index in [2.05, 4.69) is 21.8 Å². The fourth-order valence-corrected chi connectivity index (χ4v) is 7.60. The maximum Gasteiger partial charge on any atom is 0.228 e. The van der Waals surface area contributed by atoms with Crippen LogP contribution in [0.25, 0.3) is 0 Å². The lowest BCUT2D eigenvalue weighted by molar-refractivity contribution is -0.129. The highest BCUT2D eigenvalue weighted by molar-refractivity contribution is 6.08. The highest BCUT2D eigenvalue weighted by Gasteiger charge is 2.50. The monoisotopic (exact) mass is 554 g/mol. The molecule has 9 nitrogen and oxygen atoms in total. The van der Waals surface area contributed by atoms with E-state index in [9.17, 15) is 14.0 Å². The summed E-state index contributed by atoms with van der Waals surface area (Å²) >= 11 is 0. The number of rotatable bonds is 6. The summed E-state index contributed by atoms with van der Waals surface area (Å²) in [6.45, 7) is 4.84. The lowest BCUT2D eigenvalue weighted by atomic mass is 9.64. The Morgan fingerprint density at radius 2 is 1.90 bits per heavy atom. The molecular formula is C30H43FN6O3. The molecule has 0 radical (unpaired) electrons. The predicted octanol–water partition coefficient (Wildman–Crippen LogP) is 3.28. The van der Waals surface area contributed by atoms with Crippen LogP contribution in [0.15, 0.2) is 17.3 Å². The number of halogens is 1. The molecule has 2 saturated heterocycles. The molecule has 0 bridgehead atoms. The van der Waals surface area contributed by atoms with Crippen LogP contribution in [0.5, 0.6) is 5.88 Å². The Labute approximate surface area is 236 Å². The lowest BCUT2D eigenvalue weighted by Gasteiger charge is -2.41. The van der Waals surface area contributed by atoms with Gasteiger partial charge in [-0.05, 0) is 72.4 Å². The number of nitrogens with zero attached hydrogens (tertiary/aromatic N) is 5. The highest BCUT2D eigenvalue weighted by atomic mass is 19.1. The smallest absolute Gasteiger partial charge is 0.228 e. The average Bonchev–Trinajstić information content (AvgIpc) is 3.62. The minimum absolute atomic E-state index is 0.0601. The summed E-state index contributed by atoms with van der Waals surface area (Å²) in [6, 6.07) is 1.74. The van der Waals surface area contributed by atoms with Crippen molar-refractivity contribution in [3.05, 3.63) is 23.2 Å². The van der Waals surface area contributed by atoms with E-state index < -0.39 is 11.6 Å². The number of likely N-dealkylation sites (tertiary alicyclic amines) is 1. The van der Waals surface area contributed by atoms with Crippen molar-refractivity contribution in [3.63, 3.8) is 0 Å². The number of ether oxygens (including phenoxy) is 1. The second kappa shape index (κ2) is 10.4. The van der Waals surface area contributed by atoms with Crippen LogP contribution >= 0.6 is 0 Å². The van der Waals surface area contributed by atoms with Crippen LogP contribution in [0.3, 0.4) is 0 Å². The minimum atomic E-state index is -0.879. The molecule has 1 aromatic heterocycles. The van der Waals surface area contributed by atoms with Gasteiger partial charge in [-0.3, -0.25) is 19.4 Å². The van der Waals surface area contributed by atoms with Crippen LogP contribution < -0.4 is 15.4 Å². The van der Waals surface area contributed by atoms with Crippen molar-refractivity contribution < 1.29 is 18.7 Å². The van der Waals surface area contributed by atoms with Gasteiger partial charge in [-0.1, -0.05) is 6.42 Å². The largest absolute Gasteiger partial charge is 0.473 e. The van der Waals surface area contributed by atoms with Crippen LogP contribution in [0, 0.1) is 5.41 Å². The number of anilines is 1. The molecule has 4 atom stereocenters. The van der Waals surface area contributed by atoms with Crippen LogP contribution in [0.1, 0.15) is 81.8 Å². The molecule has 5 aliphatic rings. The number of allylic oxidation sites excluding steroid dienone is 2. The molecule has 40 heavy (non-hydrogen) atoms. The van der Waals surface area contributed by atoms with Crippen molar-refractivity contribution in [3.8, 4) is 5.88 Å². The molecule has 2 spiro atoms. The Morgan fingerprint density at radius 1 is 1.12 bits per heavy atom. The molecule has 2 N–H and O–H groups in total. The third-order valence-corrected chi connectivity index (χ3v) is 10.4. The molecular weight excluding hydrogens is 511 g/mol. The first kappa shape index (κ1) is 27.6. The van der Waals surface area contributed by atoms with Crippen LogP contribution in [0.4, 0.5) is 10.2 Å². The van der Waals surface area contributed by atoms with Crippen LogP contribution in [0.2, 0.25) is 0 Å². The molecule has 3 heterocycles. The van der Waals surface area contributed by atoms with Crippen LogP contribution in [-0.2, 0) is 4.79 Å². The van der Waals surface area contributed by atoms with Gasteiger partial charge in [-0.25, -0.2) is 9.37 Å². The Morgan fingerprint density at radius 3 is 2.60 bits per heavy atom. The van der Waals surface area contributed by atoms with E-state index in [0.29, 0.717) is 61.6 Å². The summed E-state index contributed by atoms with van der Waals surface area (Å²) in [5.41, 5.74) is 7.02. The fourth-order valence-electron chi connectivity index (χ4n) is 7.60. The number of nitrogens with two attached hydrogens (primary N) is 1. The van der Waals surface area contributed by atoms with E-state index in [1.165, 1.54) is 0 Å². The molecule has 218 valence electrons. The number of piperazine rings is 1. The van der Waals surface area contributed by atoms with E-state index >= 15 is 0 Å². The maximum atomic E-state index is 14.1. The number of alkyl halides is 1. The van der Waals surface area contributed by atoms with Gasteiger partial charge in [0.05, 0.1) is 5.41 Å². The van der Waals surface area contributed by atoms with Gasteiger partial charge >= 0.3 is 0 Å². The first-order chi connectivity index (χ1) is 19.1. The van der Waals surface area contributed by atoms with Crippen molar-refractivity contribution in [1.82, 2.24) is 19.8 Å².